The fraction of sp³-hybridized carbons (Fsp3) is 0.0625. The molecule has 0 fully saturated rings. The third-order valence-electron chi connectivity index (χ3n) is 3.41. The van der Waals surface area contributed by atoms with Gasteiger partial charge < -0.3 is 4.98 Å². The number of nitrogens with one attached hydrogen (secondary N) is 1. The van der Waals surface area contributed by atoms with Crippen LogP contribution in [0, 0.1) is 0 Å². The van der Waals surface area contributed by atoms with Crippen LogP contribution in [0.1, 0.15) is 5.82 Å². The Kier molecular flexibility index (Phi) is 4.26. The van der Waals surface area contributed by atoms with Crippen molar-refractivity contribution in [1.82, 2.24) is 19.5 Å². The summed E-state index contributed by atoms with van der Waals surface area (Å²) in [6.45, 7) is 0. The SMILES string of the molecule is O=c1[nH]c(CSc2nccn2-c2ccc(Br)cc2)nc2ccsc12. The van der Waals surface area contributed by atoms with Crippen molar-refractivity contribution in [3.63, 3.8) is 0 Å². The Balaban J connectivity index is 1.59. The number of benzene rings is 1. The Morgan fingerprint density at radius 2 is 2.08 bits per heavy atom. The zero-order chi connectivity index (χ0) is 16.5. The molecule has 0 unspecified atom stereocenters. The third kappa shape index (κ3) is 3.04. The molecule has 0 bridgehead atoms. The van der Waals surface area contributed by atoms with E-state index in [2.05, 4.69) is 30.9 Å². The summed E-state index contributed by atoms with van der Waals surface area (Å²) in [4.78, 5) is 23.8. The largest absolute Gasteiger partial charge is 0.309 e. The molecule has 4 aromatic rings. The van der Waals surface area contributed by atoms with Crippen LogP contribution in [0.5, 0.6) is 0 Å². The van der Waals surface area contributed by atoms with Crippen molar-refractivity contribution in [2.24, 2.45) is 0 Å². The average molecular weight is 419 g/mol. The maximum Gasteiger partial charge on any atom is 0.268 e. The van der Waals surface area contributed by atoms with E-state index in [0.717, 1.165) is 20.8 Å². The summed E-state index contributed by atoms with van der Waals surface area (Å²) in [5.74, 6) is 1.20. The van der Waals surface area contributed by atoms with Crippen LogP contribution in [0.15, 0.2) is 62.5 Å². The Labute approximate surface area is 153 Å². The molecule has 0 spiro atoms. The maximum atomic E-state index is 12.0. The smallest absolute Gasteiger partial charge is 0.268 e. The highest BCUT2D eigenvalue weighted by Gasteiger charge is 2.09. The van der Waals surface area contributed by atoms with Crippen LogP contribution in [0.4, 0.5) is 0 Å². The second-order valence-corrected chi connectivity index (χ2v) is 7.77. The number of thioether (sulfide) groups is 1. The number of hydrogen-bond acceptors (Lipinski definition) is 5. The number of thiophene rings is 1. The summed E-state index contributed by atoms with van der Waals surface area (Å²) < 4.78 is 3.71. The number of hydrogen-bond donors (Lipinski definition) is 1. The lowest BCUT2D eigenvalue weighted by Gasteiger charge is -2.07. The van der Waals surface area contributed by atoms with Crippen LogP contribution >= 0.6 is 39.0 Å². The lowest BCUT2D eigenvalue weighted by molar-refractivity contribution is 0.892. The first-order chi connectivity index (χ1) is 11.7. The highest BCUT2D eigenvalue weighted by molar-refractivity contribution is 9.10. The number of nitrogens with zero attached hydrogens (tertiary/aromatic N) is 3. The van der Waals surface area contributed by atoms with Crippen LogP contribution in [0.25, 0.3) is 15.9 Å². The van der Waals surface area contributed by atoms with E-state index in [-0.39, 0.29) is 5.56 Å². The van der Waals surface area contributed by atoms with E-state index in [1.54, 1.807) is 6.20 Å². The van der Waals surface area contributed by atoms with Crippen molar-refractivity contribution >= 4 is 49.2 Å². The van der Waals surface area contributed by atoms with Crippen molar-refractivity contribution in [1.29, 1.82) is 0 Å². The molecular formula is C16H11BrN4OS2. The van der Waals surface area contributed by atoms with Gasteiger partial charge in [0, 0.05) is 22.6 Å². The molecule has 0 aliphatic heterocycles. The minimum absolute atomic E-state index is 0.0816. The van der Waals surface area contributed by atoms with Crippen molar-refractivity contribution in [3.05, 3.63) is 68.8 Å². The zero-order valence-electron chi connectivity index (χ0n) is 12.3. The predicted molar refractivity (Wildman–Crippen MR) is 101 cm³/mol. The molecule has 3 aromatic heterocycles. The minimum Gasteiger partial charge on any atom is -0.309 e. The number of rotatable bonds is 4. The summed E-state index contributed by atoms with van der Waals surface area (Å²) in [6, 6.07) is 9.90. The highest BCUT2D eigenvalue weighted by atomic mass is 79.9. The van der Waals surface area contributed by atoms with Crippen molar-refractivity contribution < 1.29 is 0 Å². The second kappa shape index (κ2) is 6.54. The number of H-pyrrole nitrogens is 1. The van der Waals surface area contributed by atoms with Gasteiger partial charge in [-0.25, -0.2) is 9.97 Å². The van der Waals surface area contributed by atoms with Gasteiger partial charge in [-0.2, -0.15) is 0 Å². The molecule has 0 amide bonds. The van der Waals surface area contributed by atoms with Gasteiger partial charge in [0.05, 0.1) is 11.3 Å². The number of aromatic nitrogens is 4. The molecule has 0 saturated heterocycles. The molecule has 5 nitrogen and oxygen atoms in total. The molecule has 24 heavy (non-hydrogen) atoms. The van der Waals surface area contributed by atoms with Crippen LogP contribution in [0.3, 0.4) is 0 Å². The second-order valence-electron chi connectivity index (χ2n) is 4.99. The molecule has 4 rings (SSSR count). The van der Waals surface area contributed by atoms with Crippen molar-refractivity contribution in [3.8, 4) is 5.69 Å². The van der Waals surface area contributed by atoms with E-state index in [9.17, 15) is 4.79 Å². The normalized spacial score (nSPS) is 11.2. The van der Waals surface area contributed by atoms with Gasteiger partial charge in [-0.3, -0.25) is 9.36 Å². The Morgan fingerprint density at radius 3 is 2.92 bits per heavy atom. The fourth-order valence-corrected chi connectivity index (χ4v) is 4.15. The molecule has 1 aromatic carbocycles. The molecule has 3 heterocycles. The van der Waals surface area contributed by atoms with E-state index in [1.807, 2.05) is 46.5 Å². The molecule has 1 N–H and O–H groups in total. The Morgan fingerprint density at radius 1 is 1.25 bits per heavy atom. The molecule has 0 saturated carbocycles. The summed E-state index contributed by atoms with van der Waals surface area (Å²) in [6.07, 6.45) is 3.69. The van der Waals surface area contributed by atoms with Crippen LogP contribution in [0.2, 0.25) is 0 Å². The number of halogens is 1. The lowest BCUT2D eigenvalue weighted by atomic mass is 10.3. The maximum absolute atomic E-state index is 12.0. The van der Waals surface area contributed by atoms with Gasteiger partial charge in [0.15, 0.2) is 5.16 Å². The van der Waals surface area contributed by atoms with Crippen LogP contribution in [-0.4, -0.2) is 19.5 Å². The average Bonchev–Trinajstić information content (AvgIpc) is 3.22. The van der Waals surface area contributed by atoms with Gasteiger partial charge in [-0.1, -0.05) is 27.7 Å². The highest BCUT2D eigenvalue weighted by Crippen LogP contribution is 2.24. The molecule has 0 aliphatic carbocycles. The Bertz CT molecular complexity index is 1050. The zero-order valence-corrected chi connectivity index (χ0v) is 15.5. The van der Waals surface area contributed by atoms with Crippen LogP contribution < -0.4 is 5.56 Å². The lowest BCUT2D eigenvalue weighted by Crippen LogP contribution is -2.09. The standard InChI is InChI=1S/C16H11BrN4OS2/c17-10-1-3-11(4-2-10)21-7-6-18-16(21)24-9-13-19-12-5-8-23-14(12)15(22)20-13/h1-8H,9H2,(H,19,20,22). The monoisotopic (exact) mass is 418 g/mol. The molecule has 0 radical (unpaired) electrons. The molecule has 8 heteroatoms. The molecular weight excluding hydrogens is 408 g/mol. The van der Waals surface area contributed by atoms with Crippen LogP contribution in [-0.2, 0) is 5.75 Å². The van der Waals surface area contributed by atoms with E-state index >= 15 is 0 Å². The summed E-state index contributed by atoms with van der Waals surface area (Å²) in [7, 11) is 0. The Hall–Kier alpha value is -1.90. The topological polar surface area (TPSA) is 63.6 Å². The summed E-state index contributed by atoms with van der Waals surface area (Å²) in [5, 5.41) is 2.73. The number of fused-ring (bicyclic) bond motifs is 1. The molecule has 0 atom stereocenters. The summed E-state index contributed by atoms with van der Waals surface area (Å²) in [5.41, 5.74) is 1.70. The molecule has 0 aliphatic rings. The van der Waals surface area contributed by atoms with Gasteiger partial charge in [-0.15, -0.1) is 11.3 Å². The first-order valence-electron chi connectivity index (χ1n) is 7.09. The number of imidazole rings is 1. The van der Waals surface area contributed by atoms with Crippen molar-refractivity contribution in [2.45, 2.75) is 10.9 Å². The minimum atomic E-state index is -0.0816. The fourth-order valence-electron chi connectivity index (χ4n) is 2.32. The van der Waals surface area contributed by atoms with E-state index in [1.165, 1.54) is 23.1 Å². The van der Waals surface area contributed by atoms with E-state index in [4.69, 9.17) is 0 Å². The molecule has 120 valence electrons. The van der Waals surface area contributed by atoms with E-state index < -0.39 is 0 Å². The van der Waals surface area contributed by atoms with Gasteiger partial charge in [0.1, 0.15) is 10.5 Å². The first kappa shape index (κ1) is 15.6. The predicted octanol–water partition coefficient (Wildman–Crippen LogP) is 4.23. The first-order valence-corrected chi connectivity index (χ1v) is 9.75. The van der Waals surface area contributed by atoms with Gasteiger partial charge in [0.2, 0.25) is 0 Å². The van der Waals surface area contributed by atoms with Gasteiger partial charge >= 0.3 is 0 Å². The van der Waals surface area contributed by atoms with E-state index in [0.29, 0.717) is 16.3 Å². The van der Waals surface area contributed by atoms with Gasteiger partial charge in [-0.05, 0) is 35.7 Å². The van der Waals surface area contributed by atoms with Crippen molar-refractivity contribution in [2.75, 3.05) is 0 Å². The quantitative estimate of drug-likeness (QED) is 0.503. The summed E-state index contributed by atoms with van der Waals surface area (Å²) >= 11 is 6.38. The third-order valence-corrected chi connectivity index (χ3v) is 5.82. The van der Waals surface area contributed by atoms with Gasteiger partial charge in [0.25, 0.3) is 5.56 Å². The number of aromatic amines is 1.